The third kappa shape index (κ3) is 24.9. The Morgan fingerprint density at radius 3 is 1.29 bits per heavy atom. The van der Waals surface area contributed by atoms with Crippen molar-refractivity contribution in [3.63, 3.8) is 0 Å². The van der Waals surface area contributed by atoms with Crippen LogP contribution in [0.5, 0.6) is 0 Å². The Balaban J connectivity index is 0.000000147. The molecule has 0 radical (unpaired) electrons. The van der Waals surface area contributed by atoms with E-state index in [9.17, 15) is 37.1 Å². The van der Waals surface area contributed by atoms with Crippen LogP contribution in [0.1, 0.15) is 384 Å². The summed E-state index contributed by atoms with van der Waals surface area (Å²) in [4.78, 5) is 99.7. The van der Waals surface area contributed by atoms with E-state index < -0.39 is 12.0 Å². The molecule has 0 spiro atoms. The predicted octanol–water partition coefficient (Wildman–Crippen LogP) is 24.3. The molecule has 8 aromatic rings. The van der Waals surface area contributed by atoms with Crippen molar-refractivity contribution in [2.75, 3.05) is 39.3 Å². The number of nitrogens with zero attached hydrogens (tertiary/aromatic N) is 14. The molecule has 1 saturated heterocycles. The van der Waals surface area contributed by atoms with E-state index >= 15 is 0 Å². The molecule has 8 fully saturated rings. The molecule has 7 saturated carbocycles. The molecule has 3 aromatic carbocycles. The van der Waals surface area contributed by atoms with Gasteiger partial charge in [0.1, 0.15) is 40.2 Å². The molecule has 1 unspecified atom stereocenters. The van der Waals surface area contributed by atoms with Crippen molar-refractivity contribution in [3.8, 4) is 12.3 Å². The number of halogens is 3. The Hall–Kier alpha value is -8.81. The molecular formula is C106H153F3N14O6. The highest BCUT2D eigenvalue weighted by Crippen LogP contribution is 2.43. The molecule has 23 heteroatoms. The zero-order valence-corrected chi connectivity index (χ0v) is 79.9. The number of amides is 5. The first-order chi connectivity index (χ1) is 62.5. The fourth-order valence-electron chi connectivity index (χ4n) is 23.0. The van der Waals surface area contributed by atoms with E-state index in [1.165, 1.54) is 172 Å². The number of fused-ring (bicyclic) bond motifs is 4. The minimum Gasteiger partial charge on any atom is -0.444 e. The molecule has 0 N–H and O–H groups in total. The summed E-state index contributed by atoms with van der Waals surface area (Å²) in [6, 6.07) is 21.4. The topological polar surface area (TPSA) is 195 Å². The highest BCUT2D eigenvalue weighted by Gasteiger charge is 2.38. The van der Waals surface area contributed by atoms with Gasteiger partial charge in [0.05, 0.1) is 33.1 Å². The van der Waals surface area contributed by atoms with Gasteiger partial charge in [0.25, 0.3) is 6.43 Å². The number of para-hydroxylation sites is 1. The number of ether oxygens (including phenoxy) is 1. The molecule has 20 nitrogen and oxygen atoms in total. The number of terminal acetylenes is 1. The van der Waals surface area contributed by atoms with Crippen molar-refractivity contribution < 1.29 is 41.9 Å². The zero-order chi connectivity index (χ0) is 91.3. The summed E-state index contributed by atoms with van der Waals surface area (Å²) >= 11 is 0. The monoisotopic (exact) mass is 1780 g/mol. The lowest BCUT2D eigenvalue weighted by Crippen LogP contribution is -2.41. The van der Waals surface area contributed by atoms with E-state index in [-0.39, 0.29) is 41.1 Å². The number of rotatable bonds is 27. The quantitative estimate of drug-likeness (QED) is 0.0444. The van der Waals surface area contributed by atoms with Gasteiger partial charge >= 0.3 is 6.09 Å². The molecule has 6 heterocycles. The molecule has 704 valence electrons. The number of imidazole rings is 4. The molecule has 7 aliphatic carbocycles. The Bertz CT molecular complexity index is 4990. The molecular weight excluding hydrogens is 1620 g/mol. The van der Waals surface area contributed by atoms with Crippen LogP contribution in [0.4, 0.5) is 18.0 Å². The number of benzene rings is 3. The maximum Gasteiger partial charge on any atom is 0.410 e. The second kappa shape index (κ2) is 47.0. The molecule has 1 atom stereocenters. The molecule has 5 aromatic heterocycles. The largest absolute Gasteiger partial charge is 0.444 e. The van der Waals surface area contributed by atoms with Gasteiger partial charge in [-0.2, -0.15) is 0 Å². The van der Waals surface area contributed by atoms with Crippen molar-refractivity contribution in [2.24, 2.45) is 17.8 Å². The molecule has 129 heavy (non-hydrogen) atoms. The highest BCUT2D eigenvalue weighted by atomic mass is 19.3. The van der Waals surface area contributed by atoms with Gasteiger partial charge in [-0.1, -0.05) is 142 Å². The van der Waals surface area contributed by atoms with Crippen LogP contribution < -0.4 is 0 Å². The Morgan fingerprint density at radius 1 is 0.457 bits per heavy atom. The van der Waals surface area contributed by atoms with Crippen molar-refractivity contribution in [1.29, 1.82) is 0 Å². The maximum atomic E-state index is 14.0. The first kappa shape index (κ1) is 97.7. The van der Waals surface area contributed by atoms with E-state index in [4.69, 9.17) is 31.1 Å². The number of carbonyl (C=O) groups is 5. The number of aryl methyl sites for hydroxylation is 4. The second-order valence-corrected chi connectivity index (χ2v) is 39.8. The smallest absolute Gasteiger partial charge is 0.410 e. The summed E-state index contributed by atoms with van der Waals surface area (Å²) in [5, 5.41) is 0. The summed E-state index contributed by atoms with van der Waals surface area (Å²) in [7, 11) is 0. The van der Waals surface area contributed by atoms with Crippen LogP contribution in [-0.2, 0) is 50.1 Å². The van der Waals surface area contributed by atoms with Crippen molar-refractivity contribution >= 4 is 74.0 Å². The van der Waals surface area contributed by atoms with Crippen LogP contribution in [0.25, 0.3) is 44.3 Å². The summed E-state index contributed by atoms with van der Waals surface area (Å²) in [5.74, 6) is 11.1. The normalized spacial score (nSPS) is 21.7. The average molecular weight is 1780 g/mol. The summed E-state index contributed by atoms with van der Waals surface area (Å²) < 4.78 is 55.6. The van der Waals surface area contributed by atoms with E-state index in [0.717, 1.165) is 171 Å². The number of pyridine rings is 1. The van der Waals surface area contributed by atoms with Gasteiger partial charge in [-0.3, -0.25) is 19.2 Å². The van der Waals surface area contributed by atoms with Gasteiger partial charge in [-0.25, -0.2) is 42.9 Å². The lowest BCUT2D eigenvalue weighted by atomic mass is 9.80. The lowest BCUT2D eigenvalue weighted by molar-refractivity contribution is -0.135. The van der Waals surface area contributed by atoms with Crippen LogP contribution >= 0.6 is 0 Å². The summed E-state index contributed by atoms with van der Waals surface area (Å²) in [5.41, 5.74) is 6.87. The lowest BCUT2D eigenvalue weighted by Gasteiger charge is -2.34. The first-order valence-corrected chi connectivity index (χ1v) is 50.9. The average Bonchev–Trinajstić information content (AvgIpc) is 1.64. The molecule has 5 amide bonds. The van der Waals surface area contributed by atoms with E-state index in [0.29, 0.717) is 130 Å². The maximum absolute atomic E-state index is 14.0. The van der Waals surface area contributed by atoms with Crippen molar-refractivity contribution in [1.82, 2.24) is 67.7 Å². The van der Waals surface area contributed by atoms with Crippen LogP contribution in [0.15, 0.2) is 72.9 Å². The number of hydrogen-bond donors (Lipinski definition) is 0. The molecule has 8 aliphatic rings. The molecule has 16 rings (SSSR count). The van der Waals surface area contributed by atoms with E-state index in [2.05, 4.69) is 99.6 Å². The van der Waals surface area contributed by atoms with E-state index in [1.54, 1.807) is 17.0 Å². The number of likely N-dealkylation sites (tertiary alicyclic amines) is 1. The predicted molar refractivity (Wildman–Crippen MR) is 511 cm³/mol. The number of carbonyl (C=O) groups excluding carboxylic acids is 5. The van der Waals surface area contributed by atoms with Gasteiger partial charge in [0.2, 0.25) is 23.6 Å². The zero-order valence-electron chi connectivity index (χ0n) is 79.9. The molecule has 0 bridgehead atoms. The Kier molecular flexibility index (Phi) is 35.6. The van der Waals surface area contributed by atoms with Gasteiger partial charge in [0.15, 0.2) is 5.65 Å². The van der Waals surface area contributed by atoms with Crippen molar-refractivity contribution in [3.05, 3.63) is 113 Å². The van der Waals surface area contributed by atoms with E-state index in [1.807, 2.05) is 61.0 Å². The second-order valence-electron chi connectivity index (χ2n) is 39.8. The van der Waals surface area contributed by atoms with Crippen LogP contribution in [-0.4, -0.2) is 166 Å². The number of aromatic nitrogens is 9. The van der Waals surface area contributed by atoms with Gasteiger partial charge in [-0.15, -0.1) is 6.42 Å². The fourth-order valence-corrected chi connectivity index (χ4v) is 23.0. The minimum absolute atomic E-state index is 0.00426. The van der Waals surface area contributed by atoms with Gasteiger partial charge in [0, 0.05) is 162 Å². The summed E-state index contributed by atoms with van der Waals surface area (Å²) in [6.45, 7) is 27.4. The fraction of sp³-hybridized carbons (Fsp3) is 0.679. The standard InChI is InChI=1S/C28H39N3O.C27H39FN4O3.C26H37F2N3O.C25H38N4O/c1-4-21-12-15-23(16-13-21)28-29-25-20-22(5-2)14-17-26(25)31(28)19-18-27(32)30(6-3)24-10-8-7-9-11-24;1-5-31(21-9-7-6-8-10-21)24(33)14-16-32-23-12-11-20(28)17-22(23)29-25(32)19-13-15-30(18-19)26(34)35-27(2,3)4;1-3-30(20-8-5-4-6-9-20)23(32)16-17-31-22-11-7-10-21(25(27)28)24(22)29-26(31)19-14-12-18(2)13-15-19;1-3-19-12-14-20(15-13-19)24-27-22-11-8-17-26-25(22)29(24)18-16-23(30)28(4-2)21-9-6-5-7-10-21/h2,14,17,20-21,23-24H,4,6-13,15-16,18-19H2,1,3H3;11-12,17,19,21H,5-10,13-16,18H2,1-4H3;7,10-11,18-20,25H,3-6,8-9,12-17H2,1-2H3;8,11,17,19-21H,3-7,9-10,12-16,18H2,1-2H3. The third-order valence-electron chi connectivity index (χ3n) is 30.4. The van der Waals surface area contributed by atoms with Crippen molar-refractivity contribution in [2.45, 2.75) is 406 Å². The molecule has 1 aliphatic heterocycles. The number of alkyl halides is 2. The van der Waals surface area contributed by atoms with Crippen LogP contribution in [0, 0.1) is 35.9 Å². The Morgan fingerprint density at radius 2 is 0.860 bits per heavy atom. The Labute approximate surface area is 767 Å². The first-order valence-electron chi connectivity index (χ1n) is 50.9. The van der Waals surface area contributed by atoms with Crippen LogP contribution in [0.2, 0.25) is 0 Å². The highest BCUT2D eigenvalue weighted by molar-refractivity contribution is 5.83. The SMILES string of the molecule is C#Cc1ccc2c(c1)nc(C1CCC(CC)CC1)n2CCC(=O)N(CC)C1CCCCC1.CCC1CCC(c2nc3cccnc3n2CCC(=O)N(CC)C2CCCCC2)CC1.CCN(C(=O)CCn1c(C2CCC(C)CC2)nc2c(C(F)F)cccc21)C1CCCCC1.CCN(C(=O)CCn1c(C2CCN(C(=O)OC(C)(C)C)C2)nc2cc(F)ccc21)C1CCCCC1. The van der Waals surface area contributed by atoms with Gasteiger partial charge in [-0.05, 0) is 237 Å². The van der Waals surface area contributed by atoms with Crippen LogP contribution in [0.3, 0.4) is 0 Å². The number of hydrogen-bond acceptors (Lipinski definition) is 11. The summed E-state index contributed by atoms with van der Waals surface area (Å²) in [6.07, 6.45) is 48.0. The third-order valence-corrected chi connectivity index (χ3v) is 30.4. The van der Waals surface area contributed by atoms with Gasteiger partial charge < -0.3 is 47.5 Å². The minimum atomic E-state index is -2.55.